The average molecular weight is 537 g/mol. The number of nitrogens with zero attached hydrogens (tertiary/aromatic N) is 1. The van der Waals surface area contributed by atoms with Crippen molar-refractivity contribution in [2.75, 3.05) is 11.9 Å². The SMILES string of the molecule is Cc1cc(NCCCCCC(=O)ON2C(=O)CCC2=O)c2ccc3c(S(=O)(=O)O)cc(C)c4ccc1c2c43. The molecule has 1 heterocycles. The third kappa shape index (κ3) is 4.65. The number of hydrogen-bond donors (Lipinski definition) is 2. The van der Waals surface area contributed by atoms with Gasteiger partial charge in [0.2, 0.25) is 0 Å². The standard InChI is InChI=1S/C28H28N2O7S/c1-16-14-22(29-13-5-3-4-6-26(33)37-30-24(31)11-12-25(30)32)20-9-10-21-23(38(34,35)36)15-17(2)19-8-7-18(16)27(20)28(19)21/h7-10,14-15,29H,3-6,11-13H2,1-2H3,(H,34,35,36). The first-order valence-corrected chi connectivity index (χ1v) is 14.0. The van der Waals surface area contributed by atoms with Crippen molar-refractivity contribution in [2.24, 2.45) is 0 Å². The number of unbranched alkanes of at least 4 members (excludes halogenated alkanes) is 2. The Hall–Kier alpha value is -3.76. The fraction of sp³-hybridized carbons (Fsp3) is 0.321. The van der Waals surface area contributed by atoms with Crippen molar-refractivity contribution in [3.63, 3.8) is 0 Å². The highest BCUT2D eigenvalue weighted by molar-refractivity contribution is 7.86. The lowest BCUT2D eigenvalue weighted by atomic mass is 9.89. The van der Waals surface area contributed by atoms with Crippen molar-refractivity contribution in [1.82, 2.24) is 5.06 Å². The second-order valence-corrected chi connectivity index (χ2v) is 11.2. The van der Waals surface area contributed by atoms with Crippen molar-refractivity contribution >= 4 is 65.9 Å². The van der Waals surface area contributed by atoms with Gasteiger partial charge in [-0.25, -0.2) is 4.79 Å². The van der Waals surface area contributed by atoms with Gasteiger partial charge in [0.25, 0.3) is 21.9 Å². The van der Waals surface area contributed by atoms with E-state index in [1.807, 2.05) is 32.0 Å². The third-order valence-corrected chi connectivity index (χ3v) is 8.02. The molecule has 5 rings (SSSR count). The minimum absolute atomic E-state index is 0.0710. The van der Waals surface area contributed by atoms with Crippen molar-refractivity contribution in [3.8, 4) is 0 Å². The topological polar surface area (TPSA) is 130 Å². The summed E-state index contributed by atoms with van der Waals surface area (Å²) in [6, 6.07) is 11.3. The molecular weight excluding hydrogens is 508 g/mol. The normalized spacial score (nSPS) is 14.3. The molecule has 9 nitrogen and oxygen atoms in total. The highest BCUT2D eigenvalue weighted by atomic mass is 32.2. The zero-order valence-electron chi connectivity index (χ0n) is 21.2. The van der Waals surface area contributed by atoms with E-state index >= 15 is 0 Å². The molecule has 1 saturated heterocycles. The summed E-state index contributed by atoms with van der Waals surface area (Å²) < 4.78 is 34.1. The molecule has 0 aromatic heterocycles. The summed E-state index contributed by atoms with van der Waals surface area (Å²) >= 11 is 0. The first-order chi connectivity index (χ1) is 18.1. The Kier molecular flexibility index (Phi) is 6.70. The number of aryl methyl sites for hydroxylation is 2. The minimum atomic E-state index is -4.40. The van der Waals surface area contributed by atoms with Crippen molar-refractivity contribution in [3.05, 3.63) is 47.5 Å². The molecule has 1 aliphatic heterocycles. The van der Waals surface area contributed by atoms with Crippen LogP contribution in [-0.2, 0) is 29.3 Å². The zero-order valence-corrected chi connectivity index (χ0v) is 22.0. The van der Waals surface area contributed by atoms with Crippen LogP contribution in [0.1, 0.15) is 49.7 Å². The van der Waals surface area contributed by atoms with Crippen LogP contribution in [0.2, 0.25) is 0 Å². The Morgan fingerprint density at radius 1 is 0.895 bits per heavy atom. The lowest BCUT2D eigenvalue weighted by Gasteiger charge is -2.19. The number of rotatable bonds is 9. The van der Waals surface area contributed by atoms with Crippen LogP contribution in [0.15, 0.2) is 41.3 Å². The molecule has 0 bridgehead atoms. The van der Waals surface area contributed by atoms with Gasteiger partial charge in [-0.3, -0.25) is 14.1 Å². The quantitative estimate of drug-likeness (QED) is 0.132. The van der Waals surface area contributed by atoms with E-state index in [0.717, 1.165) is 56.6 Å². The fourth-order valence-electron chi connectivity index (χ4n) is 5.27. The smallest absolute Gasteiger partial charge is 0.333 e. The first-order valence-electron chi connectivity index (χ1n) is 12.6. The molecule has 0 aliphatic carbocycles. The Morgan fingerprint density at radius 2 is 1.47 bits per heavy atom. The third-order valence-electron chi connectivity index (χ3n) is 7.12. The minimum Gasteiger partial charge on any atom is -0.385 e. The highest BCUT2D eigenvalue weighted by Gasteiger charge is 2.32. The summed E-state index contributed by atoms with van der Waals surface area (Å²) in [7, 11) is -4.40. The second-order valence-electron chi connectivity index (χ2n) is 9.76. The molecule has 4 aromatic rings. The van der Waals surface area contributed by atoms with Gasteiger partial charge in [-0.1, -0.05) is 30.7 Å². The van der Waals surface area contributed by atoms with Gasteiger partial charge in [0.1, 0.15) is 4.90 Å². The summed E-state index contributed by atoms with van der Waals surface area (Å²) in [5.74, 6) is -1.57. The predicted molar refractivity (Wildman–Crippen MR) is 144 cm³/mol. The van der Waals surface area contributed by atoms with Crippen LogP contribution in [0, 0.1) is 13.8 Å². The molecule has 0 spiro atoms. The maximum absolute atomic E-state index is 12.1. The molecule has 2 N–H and O–H groups in total. The Balaban J connectivity index is 1.31. The lowest BCUT2D eigenvalue weighted by Crippen LogP contribution is -2.31. The van der Waals surface area contributed by atoms with Crippen LogP contribution in [0.3, 0.4) is 0 Å². The number of amides is 2. The average Bonchev–Trinajstić information content (AvgIpc) is 3.18. The molecular formula is C28H28N2O7S. The number of carbonyl (C=O) groups excluding carboxylic acids is 3. The number of nitrogens with one attached hydrogen (secondary N) is 1. The van der Waals surface area contributed by atoms with E-state index in [9.17, 15) is 27.4 Å². The van der Waals surface area contributed by atoms with Crippen LogP contribution in [0.25, 0.3) is 32.3 Å². The molecule has 0 unspecified atom stereocenters. The van der Waals surface area contributed by atoms with E-state index in [0.29, 0.717) is 23.4 Å². The largest absolute Gasteiger partial charge is 0.385 e. The van der Waals surface area contributed by atoms with Gasteiger partial charge < -0.3 is 10.2 Å². The monoisotopic (exact) mass is 536 g/mol. The van der Waals surface area contributed by atoms with Crippen LogP contribution in [0.4, 0.5) is 5.69 Å². The summed E-state index contributed by atoms with van der Waals surface area (Å²) in [5, 5.41) is 9.21. The van der Waals surface area contributed by atoms with E-state index in [1.165, 1.54) is 6.07 Å². The summed E-state index contributed by atoms with van der Waals surface area (Å²) in [5.41, 5.74) is 2.73. The summed E-state index contributed by atoms with van der Waals surface area (Å²) in [6.07, 6.45) is 2.34. The Morgan fingerprint density at radius 3 is 2.13 bits per heavy atom. The highest BCUT2D eigenvalue weighted by Crippen LogP contribution is 2.42. The molecule has 198 valence electrons. The molecule has 0 saturated carbocycles. The maximum atomic E-state index is 12.1. The summed E-state index contributed by atoms with van der Waals surface area (Å²) in [6.45, 7) is 4.50. The Bertz CT molecular complexity index is 1700. The van der Waals surface area contributed by atoms with Gasteiger partial charge in [0.15, 0.2) is 0 Å². The first kappa shape index (κ1) is 25.9. The van der Waals surface area contributed by atoms with Gasteiger partial charge in [-0.05, 0) is 71.5 Å². The van der Waals surface area contributed by atoms with Gasteiger partial charge >= 0.3 is 5.97 Å². The van der Waals surface area contributed by atoms with Gasteiger partial charge in [-0.15, -0.1) is 5.06 Å². The molecule has 38 heavy (non-hydrogen) atoms. The second kappa shape index (κ2) is 9.85. The van der Waals surface area contributed by atoms with Crippen LogP contribution < -0.4 is 5.32 Å². The zero-order chi connectivity index (χ0) is 27.2. The molecule has 1 aliphatic rings. The molecule has 10 heteroatoms. The van der Waals surface area contributed by atoms with Crippen LogP contribution in [0.5, 0.6) is 0 Å². The van der Waals surface area contributed by atoms with E-state index in [-0.39, 0.29) is 24.2 Å². The number of imide groups is 1. The molecule has 2 amide bonds. The Labute approximate surface area is 219 Å². The number of benzene rings is 4. The van der Waals surface area contributed by atoms with Crippen LogP contribution >= 0.6 is 0 Å². The molecule has 0 atom stereocenters. The van der Waals surface area contributed by atoms with Crippen molar-refractivity contribution < 1.29 is 32.2 Å². The lowest BCUT2D eigenvalue weighted by molar-refractivity contribution is -0.197. The molecule has 0 radical (unpaired) electrons. The van der Waals surface area contributed by atoms with E-state index in [2.05, 4.69) is 11.4 Å². The van der Waals surface area contributed by atoms with Gasteiger partial charge in [0.05, 0.1) is 0 Å². The van der Waals surface area contributed by atoms with Gasteiger partial charge in [-0.2, -0.15) is 8.42 Å². The van der Waals surface area contributed by atoms with E-state index < -0.39 is 27.9 Å². The van der Waals surface area contributed by atoms with Crippen LogP contribution in [-0.4, -0.2) is 42.4 Å². The van der Waals surface area contributed by atoms with E-state index in [4.69, 9.17) is 4.84 Å². The van der Waals surface area contributed by atoms with Crippen molar-refractivity contribution in [2.45, 2.75) is 57.3 Å². The van der Waals surface area contributed by atoms with Crippen molar-refractivity contribution in [1.29, 1.82) is 0 Å². The number of hydroxylamine groups is 2. The van der Waals surface area contributed by atoms with E-state index in [1.54, 1.807) is 6.07 Å². The van der Waals surface area contributed by atoms with Gasteiger partial charge in [0, 0.05) is 42.3 Å². The number of carbonyl (C=O) groups is 3. The number of hydrogen-bond acceptors (Lipinski definition) is 7. The fourth-order valence-corrected chi connectivity index (χ4v) is 6.04. The summed E-state index contributed by atoms with van der Waals surface area (Å²) in [4.78, 5) is 39.9. The predicted octanol–water partition coefficient (Wildman–Crippen LogP) is 5.03. The maximum Gasteiger partial charge on any atom is 0.333 e. The molecule has 4 aromatic carbocycles. The molecule has 1 fully saturated rings. The number of anilines is 1.